The highest BCUT2D eigenvalue weighted by atomic mass is 19.4. The zero-order chi connectivity index (χ0) is 11.1. The van der Waals surface area contributed by atoms with Crippen molar-refractivity contribution in [3.63, 3.8) is 0 Å². The van der Waals surface area contributed by atoms with Crippen molar-refractivity contribution < 1.29 is 13.2 Å². The van der Waals surface area contributed by atoms with Crippen molar-refractivity contribution in [2.45, 2.75) is 13.1 Å². The number of aryl methyl sites for hydroxylation is 1. The summed E-state index contributed by atoms with van der Waals surface area (Å²) >= 11 is 0. The zero-order valence-electron chi connectivity index (χ0n) is 7.84. The van der Waals surface area contributed by atoms with Crippen molar-refractivity contribution in [1.29, 1.82) is 0 Å². The van der Waals surface area contributed by atoms with E-state index in [9.17, 15) is 13.2 Å². The van der Waals surface area contributed by atoms with E-state index in [4.69, 9.17) is 0 Å². The van der Waals surface area contributed by atoms with E-state index in [2.05, 4.69) is 9.97 Å². The van der Waals surface area contributed by atoms with Gasteiger partial charge in [0, 0.05) is 11.1 Å². The number of nitrogens with zero attached hydrogens (tertiary/aromatic N) is 2. The van der Waals surface area contributed by atoms with Gasteiger partial charge < -0.3 is 0 Å². The van der Waals surface area contributed by atoms with Gasteiger partial charge in [-0.15, -0.1) is 0 Å². The monoisotopic (exact) mass is 212 g/mol. The Kier molecular flexibility index (Phi) is 2.10. The van der Waals surface area contributed by atoms with E-state index in [1.165, 1.54) is 0 Å². The Morgan fingerprint density at radius 3 is 2.60 bits per heavy atom. The van der Waals surface area contributed by atoms with E-state index >= 15 is 0 Å². The van der Waals surface area contributed by atoms with Crippen molar-refractivity contribution >= 4 is 10.9 Å². The maximum atomic E-state index is 12.3. The Morgan fingerprint density at radius 1 is 1.20 bits per heavy atom. The van der Waals surface area contributed by atoms with Gasteiger partial charge in [0.05, 0.1) is 11.7 Å². The number of alkyl halides is 3. The Bertz CT molecular complexity index is 505. The molecule has 0 saturated heterocycles. The topological polar surface area (TPSA) is 25.8 Å². The predicted octanol–water partition coefficient (Wildman–Crippen LogP) is 2.96. The van der Waals surface area contributed by atoms with Crippen LogP contribution >= 0.6 is 0 Å². The first-order valence-corrected chi connectivity index (χ1v) is 4.27. The van der Waals surface area contributed by atoms with Crippen LogP contribution in [0.15, 0.2) is 24.4 Å². The van der Waals surface area contributed by atoms with E-state index in [1.807, 2.05) is 0 Å². The molecule has 0 aromatic carbocycles. The van der Waals surface area contributed by atoms with Crippen molar-refractivity contribution in [2.75, 3.05) is 0 Å². The van der Waals surface area contributed by atoms with Crippen LogP contribution in [0.4, 0.5) is 13.2 Å². The molecule has 0 aliphatic heterocycles. The molecule has 0 atom stereocenters. The van der Waals surface area contributed by atoms with Crippen molar-refractivity contribution in [3.05, 3.63) is 35.8 Å². The molecule has 0 amide bonds. The smallest absolute Gasteiger partial charge is 0.252 e. The summed E-state index contributed by atoms with van der Waals surface area (Å²) in [5, 5.41) is 0.447. The highest BCUT2D eigenvalue weighted by molar-refractivity contribution is 5.78. The van der Waals surface area contributed by atoms with Crippen molar-refractivity contribution in [3.8, 4) is 0 Å². The summed E-state index contributed by atoms with van der Waals surface area (Å²) in [6.45, 7) is 1.77. The fourth-order valence-electron chi connectivity index (χ4n) is 1.28. The van der Waals surface area contributed by atoms with Crippen LogP contribution in [-0.4, -0.2) is 9.97 Å². The molecule has 0 N–H and O–H groups in total. The van der Waals surface area contributed by atoms with E-state index < -0.39 is 11.9 Å². The predicted molar refractivity (Wildman–Crippen MR) is 49.3 cm³/mol. The summed E-state index contributed by atoms with van der Waals surface area (Å²) in [5.41, 5.74) is 0.340. The summed E-state index contributed by atoms with van der Waals surface area (Å²) in [4.78, 5) is 7.40. The third-order valence-electron chi connectivity index (χ3n) is 2.01. The molecule has 2 heterocycles. The molecule has 2 aromatic rings. The number of aromatic nitrogens is 2. The van der Waals surface area contributed by atoms with Gasteiger partial charge in [-0.05, 0) is 19.1 Å². The molecule has 0 aliphatic carbocycles. The Balaban J connectivity index is 2.62. The fourth-order valence-corrected chi connectivity index (χ4v) is 1.28. The molecule has 0 bridgehead atoms. The number of pyridine rings is 2. The lowest BCUT2D eigenvalue weighted by atomic mass is 10.2. The van der Waals surface area contributed by atoms with Crippen LogP contribution in [0.5, 0.6) is 0 Å². The van der Waals surface area contributed by atoms with Gasteiger partial charge in [0.15, 0.2) is 0 Å². The molecule has 78 valence electrons. The standard InChI is InChI=1S/C10H7F3N2/c1-6-2-3-7-4-9(10(11,12)13)14-5-8(7)15-6/h2-5H,1H3. The van der Waals surface area contributed by atoms with Crippen molar-refractivity contribution in [1.82, 2.24) is 9.97 Å². The fraction of sp³-hybridized carbons (Fsp3) is 0.200. The van der Waals surface area contributed by atoms with Crippen LogP contribution in [-0.2, 0) is 6.18 Å². The number of hydrogen-bond acceptors (Lipinski definition) is 2. The van der Waals surface area contributed by atoms with Crippen LogP contribution in [0, 0.1) is 6.92 Å². The first-order chi connectivity index (χ1) is 6.97. The van der Waals surface area contributed by atoms with Gasteiger partial charge in [-0.2, -0.15) is 13.2 Å². The lowest BCUT2D eigenvalue weighted by molar-refractivity contribution is -0.141. The second-order valence-corrected chi connectivity index (χ2v) is 3.21. The molecular formula is C10H7F3N2. The first-order valence-electron chi connectivity index (χ1n) is 4.27. The zero-order valence-corrected chi connectivity index (χ0v) is 7.84. The van der Waals surface area contributed by atoms with E-state index in [0.717, 1.165) is 18.0 Å². The van der Waals surface area contributed by atoms with Gasteiger partial charge in [0.25, 0.3) is 0 Å². The lowest BCUT2D eigenvalue weighted by Crippen LogP contribution is -2.07. The average molecular weight is 212 g/mol. The minimum atomic E-state index is -4.40. The van der Waals surface area contributed by atoms with Crippen LogP contribution in [0.1, 0.15) is 11.4 Å². The van der Waals surface area contributed by atoms with E-state index in [-0.39, 0.29) is 0 Å². The van der Waals surface area contributed by atoms with E-state index in [1.54, 1.807) is 19.1 Å². The molecule has 5 heteroatoms. The van der Waals surface area contributed by atoms with Gasteiger partial charge >= 0.3 is 6.18 Å². The Labute approximate surface area is 83.8 Å². The molecule has 0 unspecified atom stereocenters. The van der Waals surface area contributed by atoms with Crippen LogP contribution < -0.4 is 0 Å². The molecule has 0 saturated carbocycles. The number of rotatable bonds is 0. The van der Waals surface area contributed by atoms with Gasteiger partial charge in [-0.3, -0.25) is 4.98 Å². The molecule has 15 heavy (non-hydrogen) atoms. The van der Waals surface area contributed by atoms with Gasteiger partial charge in [-0.25, -0.2) is 4.98 Å². The van der Waals surface area contributed by atoms with Gasteiger partial charge in [0.2, 0.25) is 0 Å². The minimum absolute atomic E-state index is 0.447. The SMILES string of the molecule is Cc1ccc2cc(C(F)(F)F)ncc2n1. The summed E-state index contributed by atoms with van der Waals surface area (Å²) in [6.07, 6.45) is -3.26. The third kappa shape index (κ3) is 1.91. The molecule has 2 rings (SSSR count). The van der Waals surface area contributed by atoms with Gasteiger partial charge in [-0.1, -0.05) is 6.07 Å². The lowest BCUT2D eigenvalue weighted by Gasteiger charge is -2.06. The molecule has 0 fully saturated rings. The quantitative estimate of drug-likeness (QED) is 0.670. The number of halogens is 3. The Morgan fingerprint density at radius 2 is 1.93 bits per heavy atom. The first kappa shape index (κ1) is 9.89. The van der Waals surface area contributed by atoms with Crippen LogP contribution in [0.25, 0.3) is 10.9 Å². The number of fused-ring (bicyclic) bond motifs is 1. The molecule has 0 radical (unpaired) electrons. The largest absolute Gasteiger partial charge is 0.433 e. The third-order valence-corrected chi connectivity index (χ3v) is 2.01. The van der Waals surface area contributed by atoms with Gasteiger partial charge in [0.1, 0.15) is 5.69 Å². The summed E-state index contributed by atoms with van der Waals surface area (Å²) in [7, 11) is 0. The maximum Gasteiger partial charge on any atom is 0.433 e. The summed E-state index contributed by atoms with van der Waals surface area (Å²) < 4.78 is 36.9. The van der Waals surface area contributed by atoms with Crippen LogP contribution in [0.3, 0.4) is 0 Å². The second kappa shape index (κ2) is 3.18. The van der Waals surface area contributed by atoms with E-state index in [0.29, 0.717) is 10.9 Å². The molecule has 2 aromatic heterocycles. The summed E-state index contributed by atoms with van der Waals surface area (Å²) in [5.74, 6) is 0. The Hall–Kier alpha value is -1.65. The second-order valence-electron chi connectivity index (χ2n) is 3.21. The summed E-state index contributed by atoms with van der Waals surface area (Å²) in [6, 6.07) is 4.28. The average Bonchev–Trinajstić information content (AvgIpc) is 2.15. The minimum Gasteiger partial charge on any atom is -0.252 e. The van der Waals surface area contributed by atoms with Crippen LogP contribution in [0.2, 0.25) is 0 Å². The molecular weight excluding hydrogens is 205 g/mol. The van der Waals surface area contributed by atoms with Crippen molar-refractivity contribution in [2.24, 2.45) is 0 Å². The number of hydrogen-bond donors (Lipinski definition) is 0. The molecule has 0 aliphatic rings. The molecule has 2 nitrogen and oxygen atoms in total. The highest BCUT2D eigenvalue weighted by Gasteiger charge is 2.32. The maximum absolute atomic E-state index is 12.3. The normalized spacial score (nSPS) is 12.0. The highest BCUT2D eigenvalue weighted by Crippen LogP contribution is 2.28. The molecule has 0 spiro atoms.